The summed E-state index contributed by atoms with van der Waals surface area (Å²) in [7, 11) is 1.59. The van der Waals surface area contributed by atoms with Gasteiger partial charge in [-0.3, -0.25) is 5.32 Å². The van der Waals surface area contributed by atoms with Crippen LogP contribution in [-0.4, -0.2) is 23.8 Å². The maximum atomic E-state index is 11.8. The normalized spacial score (nSPS) is 10.6. The standard InChI is InChI=1S/C16H20N2O3.C2H6/c1-10-9-17-14(20-5)12-7-6-11(8-13(10)12)18-15(19)21-16(2,3)4;1-2/h6-9H,1-5H3,(H,18,19);1-2H3. The van der Waals surface area contributed by atoms with Gasteiger partial charge in [0.05, 0.1) is 7.11 Å². The minimum Gasteiger partial charge on any atom is -0.481 e. The second-order valence-electron chi connectivity index (χ2n) is 5.84. The number of amides is 1. The highest BCUT2D eigenvalue weighted by molar-refractivity contribution is 5.94. The number of carbonyl (C=O) groups excluding carboxylic acids is 1. The number of nitrogens with zero attached hydrogens (tertiary/aromatic N) is 1. The van der Waals surface area contributed by atoms with Crippen molar-refractivity contribution in [2.45, 2.75) is 47.1 Å². The van der Waals surface area contributed by atoms with Gasteiger partial charge in [-0.25, -0.2) is 9.78 Å². The van der Waals surface area contributed by atoms with Crippen molar-refractivity contribution in [1.29, 1.82) is 0 Å². The monoisotopic (exact) mass is 318 g/mol. The summed E-state index contributed by atoms with van der Waals surface area (Å²) in [5.74, 6) is 0.569. The van der Waals surface area contributed by atoms with Gasteiger partial charge in [0.1, 0.15) is 5.60 Å². The van der Waals surface area contributed by atoms with Crippen LogP contribution in [-0.2, 0) is 4.74 Å². The third-order valence-corrected chi connectivity index (χ3v) is 2.89. The van der Waals surface area contributed by atoms with Crippen LogP contribution in [0, 0.1) is 6.92 Å². The summed E-state index contributed by atoms with van der Waals surface area (Å²) in [4.78, 5) is 16.0. The van der Waals surface area contributed by atoms with Crippen molar-refractivity contribution in [2.75, 3.05) is 12.4 Å². The molecule has 5 heteroatoms. The van der Waals surface area contributed by atoms with E-state index in [2.05, 4.69) is 10.3 Å². The van der Waals surface area contributed by atoms with Gasteiger partial charge >= 0.3 is 6.09 Å². The number of rotatable bonds is 2. The third kappa shape index (κ3) is 5.13. The van der Waals surface area contributed by atoms with Crippen molar-refractivity contribution in [3.8, 4) is 5.88 Å². The molecule has 126 valence electrons. The number of benzene rings is 1. The Bertz CT molecular complexity index is 676. The molecular weight excluding hydrogens is 292 g/mol. The molecule has 0 radical (unpaired) electrons. The van der Waals surface area contributed by atoms with Gasteiger partial charge in [0.25, 0.3) is 0 Å². The van der Waals surface area contributed by atoms with Crippen LogP contribution in [0.15, 0.2) is 24.4 Å². The molecule has 0 unspecified atom stereocenters. The van der Waals surface area contributed by atoms with Gasteiger partial charge in [0.2, 0.25) is 5.88 Å². The zero-order valence-corrected chi connectivity index (χ0v) is 15.0. The van der Waals surface area contributed by atoms with E-state index in [1.54, 1.807) is 19.4 Å². The Hall–Kier alpha value is -2.30. The minimum absolute atomic E-state index is 0.472. The van der Waals surface area contributed by atoms with Crippen molar-refractivity contribution in [1.82, 2.24) is 4.98 Å². The van der Waals surface area contributed by atoms with Crippen molar-refractivity contribution in [2.24, 2.45) is 0 Å². The molecule has 1 amide bonds. The van der Waals surface area contributed by atoms with Gasteiger partial charge in [-0.1, -0.05) is 13.8 Å². The van der Waals surface area contributed by atoms with E-state index in [-0.39, 0.29) is 0 Å². The van der Waals surface area contributed by atoms with E-state index in [1.165, 1.54) is 0 Å². The molecule has 1 aromatic carbocycles. The number of fused-ring (bicyclic) bond motifs is 1. The van der Waals surface area contributed by atoms with Crippen LogP contribution >= 0.6 is 0 Å². The molecule has 0 atom stereocenters. The predicted molar refractivity (Wildman–Crippen MR) is 94.2 cm³/mol. The largest absolute Gasteiger partial charge is 0.481 e. The molecule has 0 aliphatic carbocycles. The quantitative estimate of drug-likeness (QED) is 0.853. The highest BCUT2D eigenvalue weighted by Gasteiger charge is 2.16. The molecule has 1 N–H and O–H groups in total. The molecule has 0 spiro atoms. The van der Waals surface area contributed by atoms with Crippen molar-refractivity contribution < 1.29 is 14.3 Å². The highest BCUT2D eigenvalue weighted by atomic mass is 16.6. The minimum atomic E-state index is -0.524. The molecule has 0 saturated carbocycles. The predicted octanol–water partition coefficient (Wildman–Crippen LogP) is 4.93. The zero-order chi connectivity index (χ0) is 17.6. The first-order valence-corrected chi connectivity index (χ1v) is 7.73. The zero-order valence-electron chi connectivity index (χ0n) is 15.0. The van der Waals surface area contributed by atoms with Crippen molar-refractivity contribution in [3.05, 3.63) is 30.0 Å². The number of nitrogens with one attached hydrogen (secondary N) is 1. The average Bonchev–Trinajstić information content (AvgIpc) is 2.48. The Labute approximate surface area is 138 Å². The molecule has 0 saturated heterocycles. The summed E-state index contributed by atoms with van der Waals surface area (Å²) >= 11 is 0. The number of aromatic nitrogens is 1. The summed E-state index contributed by atoms with van der Waals surface area (Å²) in [6, 6.07) is 5.57. The van der Waals surface area contributed by atoms with Crippen LogP contribution in [0.25, 0.3) is 10.8 Å². The fraction of sp³-hybridized carbons (Fsp3) is 0.444. The summed E-state index contributed by atoms with van der Waals surface area (Å²) in [5, 5.41) is 4.62. The number of ether oxygens (including phenoxy) is 2. The van der Waals surface area contributed by atoms with Gasteiger partial charge in [0, 0.05) is 17.3 Å². The molecule has 0 aliphatic heterocycles. The summed E-state index contributed by atoms with van der Waals surface area (Å²) < 4.78 is 10.5. The van der Waals surface area contributed by atoms with E-state index in [1.807, 2.05) is 53.7 Å². The first kappa shape index (κ1) is 18.7. The summed E-state index contributed by atoms with van der Waals surface area (Å²) in [6.45, 7) is 11.4. The number of pyridine rings is 1. The fourth-order valence-electron chi connectivity index (χ4n) is 2.01. The smallest absolute Gasteiger partial charge is 0.412 e. The first-order chi connectivity index (χ1) is 10.8. The number of methoxy groups -OCH3 is 1. The topological polar surface area (TPSA) is 60.5 Å². The average molecular weight is 318 g/mol. The Kier molecular flexibility index (Phi) is 6.37. The lowest BCUT2D eigenvalue weighted by molar-refractivity contribution is 0.0636. The SMILES string of the molecule is CC.COc1ncc(C)c2cc(NC(=O)OC(C)(C)C)ccc12. The highest BCUT2D eigenvalue weighted by Crippen LogP contribution is 2.28. The second kappa shape index (κ2) is 7.81. The van der Waals surface area contributed by atoms with Gasteiger partial charge in [-0.15, -0.1) is 0 Å². The van der Waals surface area contributed by atoms with E-state index in [0.29, 0.717) is 11.6 Å². The van der Waals surface area contributed by atoms with Crippen LogP contribution in [0.5, 0.6) is 5.88 Å². The van der Waals surface area contributed by atoms with Crippen molar-refractivity contribution >= 4 is 22.6 Å². The van der Waals surface area contributed by atoms with Gasteiger partial charge < -0.3 is 9.47 Å². The number of anilines is 1. The van der Waals surface area contributed by atoms with Gasteiger partial charge in [-0.2, -0.15) is 0 Å². The molecule has 1 aromatic heterocycles. The van der Waals surface area contributed by atoms with Crippen LogP contribution in [0.2, 0.25) is 0 Å². The number of hydrogen-bond acceptors (Lipinski definition) is 4. The third-order valence-electron chi connectivity index (χ3n) is 2.89. The molecule has 23 heavy (non-hydrogen) atoms. The maximum absolute atomic E-state index is 11.8. The molecule has 0 fully saturated rings. The van der Waals surface area contributed by atoms with E-state index < -0.39 is 11.7 Å². The number of hydrogen-bond donors (Lipinski definition) is 1. The molecule has 0 bridgehead atoms. The fourth-order valence-corrected chi connectivity index (χ4v) is 2.01. The lowest BCUT2D eigenvalue weighted by atomic mass is 10.1. The molecule has 2 rings (SSSR count). The van der Waals surface area contributed by atoms with Gasteiger partial charge in [-0.05, 0) is 56.8 Å². The van der Waals surface area contributed by atoms with Gasteiger partial charge in [0.15, 0.2) is 0 Å². The van der Waals surface area contributed by atoms with Crippen LogP contribution in [0.4, 0.5) is 10.5 Å². The Balaban J connectivity index is 0.00000127. The lowest BCUT2D eigenvalue weighted by Crippen LogP contribution is -2.27. The van der Waals surface area contributed by atoms with E-state index in [0.717, 1.165) is 16.3 Å². The van der Waals surface area contributed by atoms with Crippen LogP contribution in [0.1, 0.15) is 40.2 Å². The Morgan fingerprint density at radius 3 is 2.39 bits per heavy atom. The van der Waals surface area contributed by atoms with E-state index >= 15 is 0 Å². The first-order valence-electron chi connectivity index (χ1n) is 7.73. The summed E-state index contributed by atoms with van der Waals surface area (Å²) in [5.41, 5.74) is 1.16. The Morgan fingerprint density at radius 1 is 1.17 bits per heavy atom. The number of aryl methyl sites for hydroxylation is 1. The second-order valence-corrected chi connectivity index (χ2v) is 5.84. The molecule has 5 nitrogen and oxygen atoms in total. The molecule has 2 aromatic rings. The Morgan fingerprint density at radius 2 is 1.83 bits per heavy atom. The number of carbonyl (C=O) groups is 1. The molecule has 1 heterocycles. The molecular formula is C18H26N2O3. The lowest BCUT2D eigenvalue weighted by Gasteiger charge is -2.19. The maximum Gasteiger partial charge on any atom is 0.412 e. The van der Waals surface area contributed by atoms with Crippen molar-refractivity contribution in [3.63, 3.8) is 0 Å². The van der Waals surface area contributed by atoms with Crippen LogP contribution < -0.4 is 10.1 Å². The molecule has 0 aliphatic rings. The summed E-state index contributed by atoms with van der Waals surface area (Å²) in [6.07, 6.45) is 1.28. The van der Waals surface area contributed by atoms with Crippen LogP contribution in [0.3, 0.4) is 0 Å². The van der Waals surface area contributed by atoms with E-state index in [9.17, 15) is 4.79 Å². The van der Waals surface area contributed by atoms with E-state index in [4.69, 9.17) is 9.47 Å².